The molecule has 4 heteroatoms. The van der Waals surface area contributed by atoms with Crippen LogP contribution in [0.2, 0.25) is 0 Å². The molecule has 14 heavy (non-hydrogen) atoms. The third-order valence-corrected chi connectivity index (χ3v) is 1.93. The number of pyridine rings is 1. The molecular weight excluding hydrogens is 180 g/mol. The smallest absolute Gasteiger partial charge is 0.137 e. The van der Waals surface area contributed by atoms with Crippen molar-refractivity contribution in [1.82, 2.24) is 10.3 Å². The van der Waals surface area contributed by atoms with E-state index < -0.39 is 0 Å². The summed E-state index contributed by atoms with van der Waals surface area (Å²) in [6.45, 7) is 3.31. The lowest BCUT2D eigenvalue weighted by atomic mass is 10.2. The Hall–Kier alpha value is -1.13. The van der Waals surface area contributed by atoms with E-state index in [2.05, 4.69) is 10.3 Å². The molecule has 0 radical (unpaired) electrons. The number of nitrogens with one attached hydrogen (secondary N) is 1. The van der Waals surface area contributed by atoms with Crippen LogP contribution >= 0.6 is 0 Å². The Morgan fingerprint density at radius 1 is 1.57 bits per heavy atom. The quantitative estimate of drug-likeness (QED) is 0.673. The second-order valence-corrected chi connectivity index (χ2v) is 3.04. The Bertz CT molecular complexity index is 289. The predicted molar refractivity (Wildman–Crippen MR) is 54.3 cm³/mol. The minimum Gasteiger partial charge on any atom is -0.491 e. The highest BCUT2D eigenvalue weighted by molar-refractivity contribution is 5.27. The van der Waals surface area contributed by atoms with Gasteiger partial charge in [0.15, 0.2) is 0 Å². The average Bonchev–Trinajstić information content (AvgIpc) is 2.18. The maximum atomic E-state index is 8.91. The lowest BCUT2D eigenvalue weighted by Crippen LogP contribution is -2.16. The summed E-state index contributed by atoms with van der Waals surface area (Å²) in [6, 6.07) is 1.88. The van der Waals surface area contributed by atoms with E-state index >= 15 is 0 Å². The number of aliphatic hydroxyl groups excluding tert-OH is 1. The Morgan fingerprint density at radius 2 is 2.36 bits per heavy atom. The van der Waals surface area contributed by atoms with Crippen LogP contribution in [0.25, 0.3) is 0 Å². The molecule has 0 atom stereocenters. The second kappa shape index (κ2) is 5.57. The van der Waals surface area contributed by atoms with Gasteiger partial charge in [-0.05, 0) is 25.6 Å². The lowest BCUT2D eigenvalue weighted by molar-refractivity contribution is 0.274. The molecule has 0 amide bonds. The zero-order valence-corrected chi connectivity index (χ0v) is 8.58. The molecule has 1 rings (SSSR count). The lowest BCUT2D eigenvalue weighted by Gasteiger charge is -2.07. The summed E-state index contributed by atoms with van der Waals surface area (Å²) in [5, 5.41) is 11.9. The summed E-state index contributed by atoms with van der Waals surface area (Å²) >= 11 is 0. The Labute approximate surface area is 83.9 Å². The molecule has 0 aliphatic heterocycles. The van der Waals surface area contributed by atoms with Gasteiger partial charge in [-0.3, -0.25) is 4.98 Å². The minimum atomic E-state index is -0.0252. The SMILES string of the molecule is CNCCOc1cnc(CO)c(C)c1. The van der Waals surface area contributed by atoms with Crippen LogP contribution in [-0.4, -0.2) is 30.3 Å². The molecule has 0 saturated carbocycles. The van der Waals surface area contributed by atoms with E-state index in [1.807, 2.05) is 20.0 Å². The van der Waals surface area contributed by atoms with Crippen LogP contribution in [0.3, 0.4) is 0 Å². The van der Waals surface area contributed by atoms with E-state index in [-0.39, 0.29) is 6.61 Å². The van der Waals surface area contributed by atoms with Crippen molar-refractivity contribution in [1.29, 1.82) is 0 Å². The van der Waals surface area contributed by atoms with E-state index in [9.17, 15) is 0 Å². The first-order chi connectivity index (χ1) is 6.77. The van der Waals surface area contributed by atoms with Crippen LogP contribution in [0.5, 0.6) is 5.75 Å². The van der Waals surface area contributed by atoms with Gasteiger partial charge in [-0.25, -0.2) is 0 Å². The molecule has 78 valence electrons. The van der Waals surface area contributed by atoms with Gasteiger partial charge < -0.3 is 15.2 Å². The van der Waals surface area contributed by atoms with Gasteiger partial charge >= 0.3 is 0 Å². The van der Waals surface area contributed by atoms with Gasteiger partial charge in [0.2, 0.25) is 0 Å². The number of hydrogen-bond acceptors (Lipinski definition) is 4. The maximum Gasteiger partial charge on any atom is 0.137 e. The minimum absolute atomic E-state index is 0.0252. The number of rotatable bonds is 5. The topological polar surface area (TPSA) is 54.4 Å². The largest absolute Gasteiger partial charge is 0.491 e. The molecule has 0 aliphatic rings. The summed E-state index contributed by atoms with van der Waals surface area (Å²) in [7, 11) is 1.88. The number of aliphatic hydroxyl groups is 1. The highest BCUT2D eigenvalue weighted by atomic mass is 16.5. The van der Waals surface area contributed by atoms with Crippen molar-refractivity contribution < 1.29 is 9.84 Å². The number of hydrogen-bond donors (Lipinski definition) is 2. The standard InChI is InChI=1S/C10H16N2O2/c1-8-5-9(14-4-3-11-2)6-12-10(8)7-13/h5-6,11,13H,3-4,7H2,1-2H3. The van der Waals surface area contributed by atoms with Gasteiger partial charge in [-0.2, -0.15) is 0 Å². The van der Waals surface area contributed by atoms with Crippen molar-refractivity contribution in [3.63, 3.8) is 0 Å². The first kappa shape index (κ1) is 10.9. The maximum absolute atomic E-state index is 8.91. The number of aryl methyl sites for hydroxylation is 1. The molecule has 1 aromatic rings. The first-order valence-corrected chi connectivity index (χ1v) is 4.61. The predicted octanol–water partition coefficient (Wildman–Crippen LogP) is 0.481. The average molecular weight is 196 g/mol. The molecule has 0 spiro atoms. The molecule has 0 unspecified atom stereocenters. The summed E-state index contributed by atoms with van der Waals surface area (Å²) in [5.41, 5.74) is 1.65. The van der Waals surface area contributed by atoms with Crippen LogP contribution in [-0.2, 0) is 6.61 Å². The van der Waals surface area contributed by atoms with Gasteiger partial charge in [0.1, 0.15) is 12.4 Å². The summed E-state index contributed by atoms with van der Waals surface area (Å²) in [6.07, 6.45) is 1.63. The Balaban J connectivity index is 2.57. The van der Waals surface area contributed by atoms with Crippen molar-refractivity contribution in [2.45, 2.75) is 13.5 Å². The highest BCUT2D eigenvalue weighted by Crippen LogP contribution is 2.13. The number of aromatic nitrogens is 1. The molecule has 0 aromatic carbocycles. The van der Waals surface area contributed by atoms with Gasteiger partial charge in [0, 0.05) is 6.54 Å². The fourth-order valence-corrected chi connectivity index (χ4v) is 1.09. The second-order valence-electron chi connectivity index (χ2n) is 3.04. The molecule has 2 N–H and O–H groups in total. The molecule has 1 heterocycles. The van der Waals surface area contributed by atoms with Crippen LogP contribution in [0.4, 0.5) is 0 Å². The van der Waals surface area contributed by atoms with Crippen molar-refractivity contribution in [2.75, 3.05) is 20.2 Å². The molecule has 1 aromatic heterocycles. The van der Waals surface area contributed by atoms with Gasteiger partial charge in [-0.1, -0.05) is 0 Å². The van der Waals surface area contributed by atoms with Crippen LogP contribution in [0.1, 0.15) is 11.3 Å². The normalized spacial score (nSPS) is 10.2. The van der Waals surface area contributed by atoms with Crippen molar-refractivity contribution in [3.05, 3.63) is 23.5 Å². The van der Waals surface area contributed by atoms with Gasteiger partial charge in [-0.15, -0.1) is 0 Å². The monoisotopic (exact) mass is 196 g/mol. The van der Waals surface area contributed by atoms with Crippen LogP contribution in [0, 0.1) is 6.92 Å². The first-order valence-electron chi connectivity index (χ1n) is 4.61. The van der Waals surface area contributed by atoms with Crippen molar-refractivity contribution in [3.8, 4) is 5.75 Å². The molecule has 0 aliphatic carbocycles. The summed E-state index contributed by atoms with van der Waals surface area (Å²) in [5.74, 6) is 0.745. The molecule has 0 saturated heterocycles. The number of likely N-dealkylation sites (N-methyl/N-ethyl adjacent to an activating group) is 1. The van der Waals surface area contributed by atoms with Crippen LogP contribution in [0.15, 0.2) is 12.3 Å². The van der Waals surface area contributed by atoms with Crippen LogP contribution < -0.4 is 10.1 Å². The van der Waals surface area contributed by atoms with E-state index in [1.54, 1.807) is 6.20 Å². The van der Waals surface area contributed by atoms with E-state index in [4.69, 9.17) is 9.84 Å². The van der Waals surface area contributed by atoms with E-state index in [1.165, 1.54) is 0 Å². The summed E-state index contributed by atoms with van der Waals surface area (Å²) in [4.78, 5) is 4.08. The van der Waals surface area contributed by atoms with Crippen molar-refractivity contribution >= 4 is 0 Å². The third kappa shape index (κ3) is 2.97. The molecule has 0 fully saturated rings. The van der Waals surface area contributed by atoms with E-state index in [0.29, 0.717) is 12.3 Å². The highest BCUT2D eigenvalue weighted by Gasteiger charge is 2.00. The molecular formula is C10H16N2O2. The third-order valence-electron chi connectivity index (χ3n) is 1.93. The van der Waals surface area contributed by atoms with Crippen molar-refractivity contribution in [2.24, 2.45) is 0 Å². The van der Waals surface area contributed by atoms with E-state index in [0.717, 1.165) is 17.9 Å². The van der Waals surface area contributed by atoms with Gasteiger partial charge in [0.05, 0.1) is 18.5 Å². The fraction of sp³-hybridized carbons (Fsp3) is 0.500. The Kier molecular flexibility index (Phi) is 4.35. The fourth-order valence-electron chi connectivity index (χ4n) is 1.09. The zero-order chi connectivity index (χ0) is 10.4. The van der Waals surface area contributed by atoms with Gasteiger partial charge in [0.25, 0.3) is 0 Å². The Morgan fingerprint density at radius 3 is 2.93 bits per heavy atom. The number of ether oxygens (including phenoxy) is 1. The molecule has 4 nitrogen and oxygen atoms in total. The molecule has 0 bridgehead atoms. The zero-order valence-electron chi connectivity index (χ0n) is 8.58. The number of nitrogens with zero attached hydrogens (tertiary/aromatic N) is 1. The summed E-state index contributed by atoms with van der Waals surface area (Å²) < 4.78 is 5.42.